The predicted molar refractivity (Wildman–Crippen MR) is 126 cm³/mol. The molecule has 0 saturated heterocycles. The number of benzene rings is 4. The monoisotopic (exact) mass is 386 g/mol. The number of hydrogen-bond donors (Lipinski definition) is 0. The molecule has 0 radical (unpaired) electrons. The van der Waals surface area contributed by atoms with E-state index < -0.39 is 0 Å². The van der Waals surface area contributed by atoms with E-state index in [9.17, 15) is 0 Å². The van der Waals surface area contributed by atoms with Crippen molar-refractivity contribution in [3.05, 3.63) is 115 Å². The van der Waals surface area contributed by atoms with Gasteiger partial charge >= 0.3 is 0 Å². The molecule has 0 aliphatic carbocycles. The van der Waals surface area contributed by atoms with Gasteiger partial charge in [-0.05, 0) is 58.3 Å². The Morgan fingerprint density at radius 1 is 0.567 bits per heavy atom. The second-order valence-corrected chi connectivity index (χ2v) is 7.84. The van der Waals surface area contributed by atoms with Crippen molar-refractivity contribution >= 4 is 10.8 Å². The van der Waals surface area contributed by atoms with Gasteiger partial charge in [0.1, 0.15) is 7.05 Å². The number of hydrogen-bond acceptors (Lipinski definition) is 0. The summed E-state index contributed by atoms with van der Waals surface area (Å²) in [5, 5.41) is 2.53. The Morgan fingerprint density at radius 2 is 1.17 bits per heavy atom. The zero-order chi connectivity index (χ0) is 20.5. The fraction of sp³-hybridized carbons (Fsp3) is 0.0690. The Kier molecular flexibility index (Phi) is 4.65. The molecular weight excluding hydrogens is 362 g/mol. The molecule has 0 bridgehead atoms. The summed E-state index contributed by atoms with van der Waals surface area (Å²) in [5.41, 5.74) is 8.79. The predicted octanol–water partition coefficient (Wildman–Crippen LogP) is 6.97. The third-order valence-electron chi connectivity index (χ3n) is 5.84. The molecule has 0 fully saturated rings. The number of nitrogens with zero attached hydrogens (tertiary/aromatic N) is 1. The summed E-state index contributed by atoms with van der Waals surface area (Å²) >= 11 is 0. The van der Waals surface area contributed by atoms with Crippen LogP contribution in [0.4, 0.5) is 0 Å². The zero-order valence-corrected chi connectivity index (χ0v) is 17.3. The molecule has 0 atom stereocenters. The summed E-state index contributed by atoms with van der Waals surface area (Å²) in [4.78, 5) is 0. The van der Waals surface area contributed by atoms with E-state index in [-0.39, 0.29) is 0 Å². The molecule has 0 aliphatic rings. The van der Waals surface area contributed by atoms with E-state index >= 15 is 0 Å². The summed E-state index contributed by atoms with van der Waals surface area (Å²) in [6, 6.07) is 36.9. The van der Waals surface area contributed by atoms with Crippen molar-refractivity contribution in [1.29, 1.82) is 0 Å². The standard InChI is InChI=1S/C29H24N/c1-21-13-14-25(23-11-7-4-8-12-23)20-28(21)29-27-16-15-24(22-9-5-3-6-10-22)19-26(27)17-18-30(29)2/h3-20H,1-2H3/q+1. The molecule has 30 heavy (non-hydrogen) atoms. The molecular formula is C29H24N+. The fourth-order valence-electron chi connectivity index (χ4n) is 4.21. The minimum absolute atomic E-state index is 1.24. The Hall–Kier alpha value is -3.71. The van der Waals surface area contributed by atoms with Crippen molar-refractivity contribution in [3.63, 3.8) is 0 Å². The molecule has 0 N–H and O–H groups in total. The maximum atomic E-state index is 2.32. The lowest BCUT2D eigenvalue weighted by Crippen LogP contribution is -2.30. The summed E-state index contributed by atoms with van der Waals surface area (Å²) in [7, 11) is 2.13. The van der Waals surface area contributed by atoms with Crippen molar-refractivity contribution in [1.82, 2.24) is 0 Å². The molecule has 0 saturated carbocycles. The van der Waals surface area contributed by atoms with Gasteiger partial charge in [-0.2, -0.15) is 0 Å². The van der Waals surface area contributed by atoms with E-state index in [1.54, 1.807) is 0 Å². The van der Waals surface area contributed by atoms with Crippen molar-refractivity contribution in [2.45, 2.75) is 6.92 Å². The van der Waals surface area contributed by atoms with Crippen LogP contribution in [0.25, 0.3) is 44.3 Å². The van der Waals surface area contributed by atoms with Gasteiger partial charge in [0, 0.05) is 6.07 Å². The summed E-state index contributed by atoms with van der Waals surface area (Å²) in [5.74, 6) is 0. The molecule has 144 valence electrons. The van der Waals surface area contributed by atoms with E-state index in [1.807, 2.05) is 0 Å². The number of rotatable bonds is 3. The first-order chi connectivity index (χ1) is 14.7. The van der Waals surface area contributed by atoms with Gasteiger partial charge in [-0.3, -0.25) is 0 Å². The minimum atomic E-state index is 1.24. The second-order valence-electron chi connectivity index (χ2n) is 7.84. The average molecular weight is 387 g/mol. The van der Waals surface area contributed by atoms with Crippen LogP contribution in [-0.4, -0.2) is 0 Å². The second kappa shape index (κ2) is 7.61. The molecule has 0 amide bonds. The summed E-state index contributed by atoms with van der Waals surface area (Å²) in [6.07, 6.45) is 2.17. The number of fused-ring (bicyclic) bond motifs is 1. The van der Waals surface area contributed by atoms with Crippen molar-refractivity contribution in [3.8, 4) is 33.5 Å². The molecule has 1 aromatic heterocycles. The summed E-state index contributed by atoms with van der Waals surface area (Å²) in [6.45, 7) is 2.20. The van der Waals surface area contributed by atoms with Gasteiger partial charge in [-0.1, -0.05) is 78.9 Å². The largest absolute Gasteiger partial charge is 0.220 e. The molecule has 5 aromatic rings. The van der Waals surface area contributed by atoms with E-state index in [2.05, 4.69) is 128 Å². The Morgan fingerprint density at radius 3 is 1.83 bits per heavy atom. The van der Waals surface area contributed by atoms with Crippen molar-refractivity contribution < 1.29 is 4.57 Å². The van der Waals surface area contributed by atoms with Crippen LogP contribution in [-0.2, 0) is 7.05 Å². The maximum absolute atomic E-state index is 2.32. The SMILES string of the molecule is Cc1ccc(-c2ccccc2)cc1-c1c2ccc(-c3ccccc3)cc2cc[n+]1C. The summed E-state index contributed by atoms with van der Waals surface area (Å²) < 4.78 is 2.24. The molecule has 4 aromatic carbocycles. The molecule has 0 spiro atoms. The van der Waals surface area contributed by atoms with Crippen LogP contribution in [0.1, 0.15) is 5.56 Å². The Labute approximate surface area is 177 Å². The van der Waals surface area contributed by atoms with Crippen molar-refractivity contribution in [2.75, 3.05) is 0 Å². The highest BCUT2D eigenvalue weighted by Crippen LogP contribution is 2.33. The first-order valence-electron chi connectivity index (χ1n) is 10.3. The van der Waals surface area contributed by atoms with Gasteiger partial charge in [-0.25, -0.2) is 4.57 Å². The van der Waals surface area contributed by atoms with Gasteiger partial charge in [0.15, 0.2) is 6.20 Å². The maximum Gasteiger partial charge on any atom is 0.220 e. The van der Waals surface area contributed by atoms with Gasteiger partial charge < -0.3 is 0 Å². The average Bonchev–Trinajstić information content (AvgIpc) is 2.80. The fourth-order valence-corrected chi connectivity index (χ4v) is 4.21. The van der Waals surface area contributed by atoms with Gasteiger partial charge in [0.2, 0.25) is 5.69 Å². The lowest BCUT2D eigenvalue weighted by Gasteiger charge is -2.11. The van der Waals surface area contributed by atoms with Gasteiger partial charge in [0.05, 0.1) is 10.9 Å². The zero-order valence-electron chi connectivity index (χ0n) is 17.3. The van der Waals surface area contributed by atoms with Gasteiger partial charge in [0.25, 0.3) is 0 Å². The lowest BCUT2D eigenvalue weighted by atomic mass is 9.94. The first kappa shape index (κ1) is 18.3. The lowest BCUT2D eigenvalue weighted by molar-refractivity contribution is -0.659. The molecule has 1 heterocycles. The van der Waals surface area contributed by atoms with Crippen LogP contribution in [0.3, 0.4) is 0 Å². The topological polar surface area (TPSA) is 3.88 Å². The highest BCUT2D eigenvalue weighted by Gasteiger charge is 2.18. The van der Waals surface area contributed by atoms with Crippen LogP contribution in [0.15, 0.2) is 109 Å². The molecule has 0 unspecified atom stereocenters. The number of pyridine rings is 1. The van der Waals surface area contributed by atoms with E-state index in [0.29, 0.717) is 0 Å². The van der Waals surface area contributed by atoms with Crippen molar-refractivity contribution in [2.24, 2.45) is 7.05 Å². The highest BCUT2D eigenvalue weighted by atomic mass is 14.9. The van der Waals surface area contributed by atoms with Crippen LogP contribution in [0.5, 0.6) is 0 Å². The molecule has 0 aliphatic heterocycles. The van der Waals surface area contributed by atoms with Crippen LogP contribution < -0.4 is 4.57 Å². The Bertz CT molecular complexity index is 1340. The third-order valence-corrected chi connectivity index (χ3v) is 5.84. The molecule has 1 nitrogen and oxygen atoms in total. The number of aromatic nitrogens is 1. The van der Waals surface area contributed by atoms with E-state index in [1.165, 1.54) is 49.8 Å². The highest BCUT2D eigenvalue weighted by molar-refractivity contribution is 5.96. The van der Waals surface area contributed by atoms with Crippen LogP contribution in [0.2, 0.25) is 0 Å². The van der Waals surface area contributed by atoms with E-state index in [0.717, 1.165) is 0 Å². The van der Waals surface area contributed by atoms with E-state index in [4.69, 9.17) is 0 Å². The third kappa shape index (κ3) is 3.29. The van der Waals surface area contributed by atoms with Crippen LogP contribution >= 0.6 is 0 Å². The van der Waals surface area contributed by atoms with Gasteiger partial charge in [-0.15, -0.1) is 0 Å². The molecule has 1 heteroatoms. The number of aryl methyl sites for hydroxylation is 2. The Balaban J connectivity index is 1.70. The van der Waals surface area contributed by atoms with Crippen LogP contribution in [0, 0.1) is 6.92 Å². The first-order valence-corrected chi connectivity index (χ1v) is 10.3. The smallest absolute Gasteiger partial charge is 0.200 e. The minimum Gasteiger partial charge on any atom is -0.200 e. The molecule has 5 rings (SSSR count). The normalized spacial score (nSPS) is 11.0. The quantitative estimate of drug-likeness (QED) is 0.295.